The summed E-state index contributed by atoms with van der Waals surface area (Å²) < 4.78 is 35.0. The molecule has 0 bridgehead atoms. The summed E-state index contributed by atoms with van der Waals surface area (Å²) in [4.78, 5) is 12.6. The number of ether oxygens (including phenoxy) is 1. The molecule has 0 atom stereocenters. The van der Waals surface area contributed by atoms with E-state index in [1.165, 1.54) is 56.2 Å². The molecule has 0 unspecified atom stereocenters. The highest BCUT2D eigenvalue weighted by Gasteiger charge is 2.27. The molecular formula is C30H44F2O2. The van der Waals surface area contributed by atoms with Crippen molar-refractivity contribution in [1.82, 2.24) is 0 Å². The van der Waals surface area contributed by atoms with Crippen LogP contribution in [-0.2, 0) is 11.2 Å². The van der Waals surface area contributed by atoms with Crippen LogP contribution < -0.4 is 0 Å². The predicted octanol–water partition coefficient (Wildman–Crippen LogP) is 8.97. The molecule has 0 heterocycles. The molecule has 1 aromatic carbocycles. The molecular weight excluding hydrogens is 430 g/mol. The number of benzene rings is 1. The Bertz CT molecular complexity index is 779. The Morgan fingerprint density at radius 3 is 1.97 bits per heavy atom. The molecule has 0 N–H and O–H groups in total. The van der Waals surface area contributed by atoms with Gasteiger partial charge < -0.3 is 4.74 Å². The number of hydrogen-bond donors (Lipinski definition) is 0. The van der Waals surface area contributed by atoms with E-state index < -0.39 is 23.2 Å². The number of hydrogen-bond acceptors (Lipinski definition) is 2. The molecule has 3 rings (SSSR count). The minimum absolute atomic E-state index is 0.251. The Morgan fingerprint density at radius 2 is 1.41 bits per heavy atom. The van der Waals surface area contributed by atoms with Crippen molar-refractivity contribution >= 4 is 5.97 Å². The molecule has 0 amide bonds. The van der Waals surface area contributed by atoms with Crippen molar-refractivity contribution in [2.45, 2.75) is 116 Å². The Hall–Kier alpha value is -1.71. The SMILES string of the molecule is C=C(CC)CCC1CCC(OC(=O)c2c(F)cc(CCC3CCC(CCC)CC3)cc2F)CC1. The summed E-state index contributed by atoms with van der Waals surface area (Å²) in [6, 6.07) is 2.67. The Morgan fingerprint density at radius 1 is 0.882 bits per heavy atom. The van der Waals surface area contributed by atoms with Crippen LogP contribution in [0.3, 0.4) is 0 Å². The summed E-state index contributed by atoms with van der Waals surface area (Å²) in [5.41, 5.74) is 1.38. The van der Waals surface area contributed by atoms with E-state index in [4.69, 9.17) is 4.74 Å². The fourth-order valence-electron chi connectivity index (χ4n) is 5.89. The van der Waals surface area contributed by atoms with Gasteiger partial charge in [-0.25, -0.2) is 13.6 Å². The highest BCUT2D eigenvalue weighted by molar-refractivity contribution is 5.90. The lowest BCUT2D eigenvalue weighted by Gasteiger charge is -2.28. The van der Waals surface area contributed by atoms with Crippen molar-refractivity contribution in [1.29, 1.82) is 0 Å². The zero-order chi connectivity index (χ0) is 24.5. The second-order valence-electron chi connectivity index (χ2n) is 10.8. The van der Waals surface area contributed by atoms with Gasteiger partial charge in [0.1, 0.15) is 23.3 Å². The maximum absolute atomic E-state index is 14.7. The molecule has 2 aliphatic carbocycles. The fourth-order valence-corrected chi connectivity index (χ4v) is 5.89. The number of esters is 1. The smallest absolute Gasteiger partial charge is 0.344 e. The summed E-state index contributed by atoms with van der Waals surface area (Å²) in [5, 5.41) is 0. The van der Waals surface area contributed by atoms with Gasteiger partial charge in [0, 0.05) is 0 Å². The van der Waals surface area contributed by atoms with Crippen molar-refractivity contribution in [2.75, 3.05) is 0 Å². The molecule has 2 aliphatic rings. The number of carbonyl (C=O) groups is 1. The molecule has 0 saturated heterocycles. The van der Waals surface area contributed by atoms with Crippen molar-refractivity contribution in [3.05, 3.63) is 47.0 Å². The lowest BCUT2D eigenvalue weighted by atomic mass is 9.78. The van der Waals surface area contributed by atoms with E-state index in [0.29, 0.717) is 23.8 Å². The molecule has 0 aromatic heterocycles. The highest BCUT2D eigenvalue weighted by atomic mass is 19.1. The van der Waals surface area contributed by atoms with E-state index in [0.717, 1.165) is 57.3 Å². The zero-order valence-electron chi connectivity index (χ0n) is 21.4. The third kappa shape index (κ3) is 7.92. The Kier molecular flexibility index (Phi) is 10.6. The van der Waals surface area contributed by atoms with Crippen molar-refractivity contribution < 1.29 is 18.3 Å². The molecule has 2 fully saturated rings. The summed E-state index contributed by atoms with van der Waals surface area (Å²) in [5.74, 6) is -0.334. The minimum Gasteiger partial charge on any atom is -0.459 e. The van der Waals surface area contributed by atoms with Crippen LogP contribution in [0.15, 0.2) is 24.3 Å². The van der Waals surface area contributed by atoms with Gasteiger partial charge in [0.15, 0.2) is 0 Å². The van der Waals surface area contributed by atoms with E-state index in [1.54, 1.807) is 0 Å². The van der Waals surface area contributed by atoms with E-state index >= 15 is 0 Å². The molecule has 190 valence electrons. The van der Waals surface area contributed by atoms with Gasteiger partial charge in [-0.05, 0) is 93.2 Å². The lowest BCUT2D eigenvalue weighted by molar-refractivity contribution is 0.0152. The molecule has 1 aromatic rings. The number of allylic oxidation sites excluding steroid dienone is 1. The molecule has 34 heavy (non-hydrogen) atoms. The first-order chi connectivity index (χ1) is 16.4. The number of halogens is 2. The first-order valence-corrected chi connectivity index (χ1v) is 13.7. The van der Waals surface area contributed by atoms with Crippen LogP contribution in [0.2, 0.25) is 0 Å². The monoisotopic (exact) mass is 474 g/mol. The average molecular weight is 475 g/mol. The number of rotatable bonds is 11. The normalized spacial score (nSPS) is 25.2. The maximum Gasteiger partial charge on any atom is 0.344 e. The van der Waals surface area contributed by atoms with Gasteiger partial charge in [-0.2, -0.15) is 0 Å². The molecule has 0 aliphatic heterocycles. The van der Waals surface area contributed by atoms with Gasteiger partial charge in [0.05, 0.1) is 0 Å². The predicted molar refractivity (Wildman–Crippen MR) is 135 cm³/mol. The van der Waals surface area contributed by atoms with Crippen LogP contribution in [0.25, 0.3) is 0 Å². The third-order valence-electron chi connectivity index (χ3n) is 8.28. The molecule has 4 heteroatoms. The minimum atomic E-state index is -0.862. The van der Waals surface area contributed by atoms with Crippen molar-refractivity contribution in [3.63, 3.8) is 0 Å². The summed E-state index contributed by atoms with van der Waals surface area (Å²) in [6.07, 6.45) is 15.6. The number of aryl methyl sites for hydroxylation is 1. The molecule has 0 spiro atoms. The first kappa shape index (κ1) is 26.9. The van der Waals surface area contributed by atoms with Crippen molar-refractivity contribution in [3.8, 4) is 0 Å². The highest BCUT2D eigenvalue weighted by Crippen LogP contribution is 2.34. The van der Waals surface area contributed by atoms with Gasteiger partial charge in [-0.1, -0.05) is 64.5 Å². The van der Waals surface area contributed by atoms with Gasteiger partial charge in [0.25, 0.3) is 0 Å². The summed E-state index contributed by atoms with van der Waals surface area (Å²) in [7, 11) is 0. The van der Waals surface area contributed by atoms with Gasteiger partial charge in [0.2, 0.25) is 0 Å². The van der Waals surface area contributed by atoms with Gasteiger partial charge >= 0.3 is 5.97 Å². The standard InChI is InChI=1S/C30H44F2O2/c1-4-6-22-9-11-24(12-10-22)13-14-25-19-27(31)29(28(32)20-25)30(33)34-26-17-15-23(16-18-26)8-7-21(3)5-2/h19-20,22-24,26H,3-18H2,1-2H3. The molecule has 2 saturated carbocycles. The Balaban J connectivity index is 1.46. The van der Waals surface area contributed by atoms with Gasteiger partial charge in [-0.3, -0.25) is 0 Å². The van der Waals surface area contributed by atoms with Crippen LogP contribution in [0.4, 0.5) is 8.78 Å². The van der Waals surface area contributed by atoms with E-state index in [2.05, 4.69) is 20.4 Å². The van der Waals surface area contributed by atoms with Crippen LogP contribution in [0.1, 0.15) is 120 Å². The summed E-state index contributed by atoms with van der Waals surface area (Å²) in [6.45, 7) is 8.44. The zero-order valence-corrected chi connectivity index (χ0v) is 21.4. The van der Waals surface area contributed by atoms with Gasteiger partial charge in [-0.15, -0.1) is 0 Å². The second-order valence-corrected chi connectivity index (χ2v) is 10.8. The van der Waals surface area contributed by atoms with E-state index in [9.17, 15) is 13.6 Å². The molecule has 2 nitrogen and oxygen atoms in total. The summed E-state index contributed by atoms with van der Waals surface area (Å²) >= 11 is 0. The largest absolute Gasteiger partial charge is 0.459 e. The van der Waals surface area contributed by atoms with Crippen LogP contribution in [-0.4, -0.2) is 12.1 Å². The van der Waals surface area contributed by atoms with E-state index in [-0.39, 0.29) is 6.10 Å². The third-order valence-corrected chi connectivity index (χ3v) is 8.28. The van der Waals surface area contributed by atoms with E-state index in [1.807, 2.05) is 0 Å². The fraction of sp³-hybridized carbons (Fsp3) is 0.700. The van der Waals surface area contributed by atoms with Crippen LogP contribution in [0, 0.1) is 29.4 Å². The average Bonchev–Trinajstić information content (AvgIpc) is 2.82. The second kappa shape index (κ2) is 13.4. The molecule has 0 radical (unpaired) electrons. The topological polar surface area (TPSA) is 26.3 Å². The lowest BCUT2D eigenvalue weighted by Crippen LogP contribution is -2.25. The van der Waals surface area contributed by atoms with Crippen molar-refractivity contribution in [2.24, 2.45) is 17.8 Å². The quantitative estimate of drug-likeness (QED) is 0.236. The Labute approximate surface area is 205 Å². The van der Waals surface area contributed by atoms with Crippen LogP contribution >= 0.6 is 0 Å². The number of carbonyl (C=O) groups excluding carboxylic acids is 1. The first-order valence-electron chi connectivity index (χ1n) is 13.7. The van der Waals surface area contributed by atoms with Crippen LogP contribution in [0.5, 0.6) is 0 Å². The maximum atomic E-state index is 14.7.